The predicted octanol–water partition coefficient (Wildman–Crippen LogP) is 14.0. The molecule has 0 radical (unpaired) electrons. The van der Waals surface area contributed by atoms with Crippen LogP contribution in [0.5, 0.6) is 0 Å². The van der Waals surface area contributed by atoms with Crippen LogP contribution in [0, 0.1) is 0 Å². The van der Waals surface area contributed by atoms with Crippen LogP contribution >= 0.6 is 0 Å². The minimum absolute atomic E-state index is 0.00464. The maximum atomic E-state index is 10.9. The molecule has 0 amide bonds. The second kappa shape index (κ2) is 21.6. The van der Waals surface area contributed by atoms with E-state index < -0.39 is 11.2 Å². The number of aliphatic hydroxyl groups is 1. The first-order valence-electron chi connectivity index (χ1n) is 22.9. The van der Waals surface area contributed by atoms with Crippen molar-refractivity contribution in [2.45, 2.75) is 187 Å². The molecule has 0 bridgehead atoms. The van der Waals surface area contributed by atoms with Crippen molar-refractivity contribution in [1.82, 2.24) is 0 Å². The van der Waals surface area contributed by atoms with E-state index in [1.54, 1.807) is 5.56 Å². The maximum Gasteiger partial charge on any atom is 0.309 e. The highest BCUT2D eigenvalue weighted by Gasteiger charge is 2.43. The van der Waals surface area contributed by atoms with Crippen LogP contribution in [0.15, 0.2) is 91.0 Å². The van der Waals surface area contributed by atoms with Crippen molar-refractivity contribution in [3.63, 3.8) is 0 Å². The third kappa shape index (κ3) is 12.0. The van der Waals surface area contributed by atoms with Gasteiger partial charge in [0.2, 0.25) is 0 Å². The van der Waals surface area contributed by atoms with E-state index in [4.69, 9.17) is 4.65 Å². The zero-order chi connectivity index (χ0) is 39.9. The molecule has 302 valence electrons. The summed E-state index contributed by atoms with van der Waals surface area (Å²) in [7, 11) is 0.496. The van der Waals surface area contributed by atoms with Crippen LogP contribution in [-0.4, -0.2) is 23.8 Å². The first kappa shape index (κ1) is 44.0. The van der Waals surface area contributed by atoms with Gasteiger partial charge in [-0.2, -0.15) is 0 Å². The van der Waals surface area contributed by atoms with E-state index in [1.807, 2.05) is 27.7 Å². The molecule has 0 aliphatic heterocycles. The molecule has 1 aliphatic carbocycles. The topological polar surface area (TPSA) is 29.5 Å². The number of hydrogen-bond donors (Lipinski definition) is 1. The second-order valence-corrected chi connectivity index (χ2v) is 18.2. The molecule has 4 aromatic rings. The molecule has 0 spiro atoms. The Labute approximate surface area is 343 Å². The summed E-state index contributed by atoms with van der Waals surface area (Å²) in [4.78, 5) is 0. The number of fused-ring (bicyclic) bond motifs is 3. The Morgan fingerprint density at radius 3 is 1.66 bits per heavy atom. The molecular formula is C53H75BO2. The van der Waals surface area contributed by atoms with Gasteiger partial charge in [0.25, 0.3) is 0 Å². The van der Waals surface area contributed by atoms with Gasteiger partial charge in [-0.25, -0.2) is 0 Å². The predicted molar refractivity (Wildman–Crippen MR) is 245 cm³/mol. The Bertz CT molecular complexity index is 1730. The van der Waals surface area contributed by atoms with Gasteiger partial charge in [0.1, 0.15) is 0 Å². The van der Waals surface area contributed by atoms with Crippen LogP contribution in [0.4, 0.5) is 0 Å². The van der Waals surface area contributed by atoms with E-state index in [0.717, 1.165) is 6.42 Å². The molecule has 2 nitrogen and oxygen atoms in total. The zero-order valence-electron chi connectivity index (χ0n) is 36.4. The van der Waals surface area contributed by atoms with Gasteiger partial charge in [0, 0.05) is 5.41 Å². The molecule has 56 heavy (non-hydrogen) atoms. The first-order chi connectivity index (χ1) is 27.1. The highest BCUT2D eigenvalue weighted by Crippen LogP contribution is 2.55. The summed E-state index contributed by atoms with van der Waals surface area (Å²) in [6.45, 7) is 12.3. The van der Waals surface area contributed by atoms with Crippen LogP contribution in [0.2, 0.25) is 0 Å². The van der Waals surface area contributed by atoms with Crippen LogP contribution in [0.1, 0.15) is 179 Å². The highest BCUT2D eigenvalue weighted by molar-refractivity contribution is 6.47. The molecule has 5 rings (SSSR count). The van der Waals surface area contributed by atoms with Crippen LogP contribution < -0.4 is 5.46 Å². The molecule has 1 N–H and O–H groups in total. The van der Waals surface area contributed by atoms with Crippen molar-refractivity contribution in [3.8, 4) is 22.3 Å². The van der Waals surface area contributed by atoms with E-state index in [2.05, 4.69) is 105 Å². The van der Waals surface area contributed by atoms with E-state index in [1.165, 1.54) is 166 Å². The molecule has 0 atom stereocenters. The number of unbranched alkanes of at least 4 members (excludes halogenated alkanes) is 13. The van der Waals surface area contributed by atoms with E-state index in [-0.39, 0.29) is 5.41 Å². The molecule has 1 aliphatic rings. The van der Waals surface area contributed by atoms with Gasteiger partial charge in [-0.1, -0.05) is 194 Å². The number of benzene rings is 4. The smallest absolute Gasteiger partial charge is 0.309 e. The zero-order valence-corrected chi connectivity index (χ0v) is 36.4. The lowest BCUT2D eigenvalue weighted by molar-refractivity contribution is -0.0893. The van der Waals surface area contributed by atoms with Crippen molar-refractivity contribution < 1.29 is 9.76 Å². The first-order valence-corrected chi connectivity index (χ1v) is 22.9. The van der Waals surface area contributed by atoms with Gasteiger partial charge in [-0.15, -0.1) is 0 Å². The van der Waals surface area contributed by atoms with E-state index in [9.17, 15) is 5.11 Å². The van der Waals surface area contributed by atoms with Gasteiger partial charge in [-0.3, -0.25) is 0 Å². The second-order valence-electron chi connectivity index (χ2n) is 18.2. The van der Waals surface area contributed by atoms with Gasteiger partial charge in [-0.05, 0) is 117 Å². The van der Waals surface area contributed by atoms with E-state index in [0.29, 0.717) is 7.48 Å². The lowest BCUT2D eigenvalue weighted by Crippen LogP contribution is -2.49. The molecule has 0 fully saturated rings. The molecule has 3 heteroatoms. The summed E-state index contributed by atoms with van der Waals surface area (Å²) in [6.07, 6.45) is 25.6. The molecule has 0 unspecified atom stereocenters. The van der Waals surface area contributed by atoms with Crippen molar-refractivity contribution in [2.75, 3.05) is 0 Å². The number of aryl methyl sites for hydroxylation is 2. The number of hydrogen-bond acceptors (Lipinski definition) is 2. The fourth-order valence-electron chi connectivity index (χ4n) is 8.89. The van der Waals surface area contributed by atoms with Crippen LogP contribution in [-0.2, 0) is 22.9 Å². The maximum absolute atomic E-state index is 10.9. The summed E-state index contributed by atoms with van der Waals surface area (Å²) in [5.41, 5.74) is 11.1. The minimum Gasteiger partial charge on any atom is -0.427 e. The lowest BCUT2D eigenvalue weighted by Gasteiger charge is -2.37. The SMILES string of the molecule is CCCCCCCCC1(CCCCCCCC)c2cc(BOC(C)(C)C(C)(C)O)ccc2-c2ccc(-c3cccc(CCCCCCc4ccccc4)c3)cc21. The summed E-state index contributed by atoms with van der Waals surface area (Å²) in [5, 5.41) is 10.9. The third-order valence-corrected chi connectivity index (χ3v) is 13.2. The Kier molecular flexibility index (Phi) is 16.9. The minimum atomic E-state index is -0.935. The molecule has 0 aromatic heterocycles. The van der Waals surface area contributed by atoms with Crippen molar-refractivity contribution in [3.05, 3.63) is 113 Å². The fraction of sp³-hybridized carbons (Fsp3) is 0.547. The average molecular weight is 755 g/mol. The standard InChI is InChI=1S/C53H75BO2/c1-7-9-11-13-17-24-37-53(38-25-18-14-12-10-8-2)49-40-45(44-32-26-31-43(39-44)30-21-16-15-20-27-42-28-22-19-23-29-42)33-35-47(49)48-36-34-46(41-50(48)53)54-56-52(5,6)51(3,4)55/h19,22-23,26,28-29,31-36,39-41,54-55H,7-18,20-21,24-25,27,30,37-38H2,1-6H3. The van der Waals surface area contributed by atoms with Gasteiger partial charge in [0.15, 0.2) is 0 Å². The third-order valence-electron chi connectivity index (χ3n) is 13.2. The van der Waals surface area contributed by atoms with Crippen molar-refractivity contribution in [2.24, 2.45) is 0 Å². The Morgan fingerprint density at radius 2 is 1.04 bits per heavy atom. The summed E-state index contributed by atoms with van der Waals surface area (Å²) in [6, 6.07) is 34.9. The van der Waals surface area contributed by atoms with Crippen LogP contribution in [0.25, 0.3) is 22.3 Å². The van der Waals surface area contributed by atoms with Crippen molar-refractivity contribution in [1.29, 1.82) is 0 Å². The summed E-state index contributed by atoms with van der Waals surface area (Å²) < 4.78 is 6.46. The van der Waals surface area contributed by atoms with Gasteiger partial charge < -0.3 is 9.76 Å². The Balaban J connectivity index is 1.41. The average Bonchev–Trinajstić information content (AvgIpc) is 3.46. The molecule has 0 saturated carbocycles. The normalized spacial score (nSPS) is 13.5. The Hall–Kier alpha value is -3.14. The van der Waals surface area contributed by atoms with E-state index >= 15 is 0 Å². The lowest BCUT2D eigenvalue weighted by atomic mass is 9.69. The van der Waals surface area contributed by atoms with Gasteiger partial charge in [0.05, 0.1) is 11.2 Å². The quantitative estimate of drug-likeness (QED) is 0.0511. The monoisotopic (exact) mass is 755 g/mol. The number of rotatable bonds is 26. The largest absolute Gasteiger partial charge is 0.427 e. The van der Waals surface area contributed by atoms with Crippen molar-refractivity contribution >= 4 is 12.9 Å². The summed E-state index contributed by atoms with van der Waals surface area (Å²) >= 11 is 0. The molecule has 0 saturated heterocycles. The molecule has 0 heterocycles. The van der Waals surface area contributed by atoms with Crippen LogP contribution in [0.3, 0.4) is 0 Å². The highest BCUT2D eigenvalue weighted by atomic mass is 16.5. The summed E-state index contributed by atoms with van der Waals surface area (Å²) in [5.74, 6) is 0. The Morgan fingerprint density at radius 1 is 0.518 bits per heavy atom. The molecular weight excluding hydrogens is 679 g/mol. The van der Waals surface area contributed by atoms with Gasteiger partial charge >= 0.3 is 7.48 Å². The molecule has 4 aromatic carbocycles. The fourth-order valence-corrected chi connectivity index (χ4v) is 8.89.